The number of nitrogens with zero attached hydrogens (tertiary/aromatic N) is 5. The maximum absolute atomic E-state index is 13.4. The van der Waals surface area contributed by atoms with Gasteiger partial charge in [-0.15, -0.1) is 11.3 Å². The third kappa shape index (κ3) is 3.97. The normalized spacial score (nSPS) is 15.6. The Balaban J connectivity index is 1.48. The van der Waals surface area contributed by atoms with Crippen molar-refractivity contribution in [2.45, 2.75) is 12.7 Å². The third-order valence-corrected chi connectivity index (χ3v) is 5.64. The van der Waals surface area contributed by atoms with Gasteiger partial charge < -0.3 is 4.90 Å². The van der Waals surface area contributed by atoms with Gasteiger partial charge in [0.25, 0.3) is 5.56 Å². The van der Waals surface area contributed by atoms with Gasteiger partial charge in [0.15, 0.2) is 4.96 Å². The van der Waals surface area contributed by atoms with Crippen molar-refractivity contribution in [3.05, 3.63) is 63.0 Å². The van der Waals surface area contributed by atoms with Gasteiger partial charge in [0, 0.05) is 56.1 Å². The zero-order chi connectivity index (χ0) is 20.6. The lowest BCUT2D eigenvalue weighted by atomic mass is 10.1. The van der Waals surface area contributed by atoms with Gasteiger partial charge in [0.2, 0.25) is 0 Å². The monoisotopic (exact) mass is 419 g/mol. The highest BCUT2D eigenvalue weighted by molar-refractivity contribution is 7.15. The molecule has 2 aromatic heterocycles. The van der Waals surface area contributed by atoms with Crippen LogP contribution in [-0.2, 0) is 12.7 Å². The first-order chi connectivity index (χ1) is 13.8. The van der Waals surface area contributed by atoms with Crippen LogP contribution in [0.1, 0.15) is 16.8 Å². The summed E-state index contributed by atoms with van der Waals surface area (Å²) in [6.45, 7) is 2.38. The van der Waals surface area contributed by atoms with E-state index in [1.165, 1.54) is 33.9 Å². The number of anilines is 1. The summed E-state index contributed by atoms with van der Waals surface area (Å²) in [5.41, 5.74) is -0.200. The van der Waals surface area contributed by atoms with Crippen LogP contribution in [0.2, 0.25) is 0 Å². The van der Waals surface area contributed by atoms with E-state index in [-0.39, 0.29) is 16.8 Å². The molecule has 0 radical (unpaired) electrons. The smallest absolute Gasteiger partial charge is 0.368 e. The first-order valence-corrected chi connectivity index (χ1v) is 9.77. The minimum Gasteiger partial charge on any atom is -0.368 e. The number of rotatable bonds is 3. The molecule has 1 saturated heterocycles. The molecule has 3 heterocycles. The molecule has 1 fully saturated rings. The lowest BCUT2D eigenvalue weighted by Gasteiger charge is -2.37. The summed E-state index contributed by atoms with van der Waals surface area (Å²) in [5.74, 6) is 0. The minimum atomic E-state index is -4.53. The van der Waals surface area contributed by atoms with Crippen LogP contribution in [0.5, 0.6) is 0 Å². The van der Waals surface area contributed by atoms with Crippen molar-refractivity contribution in [3.63, 3.8) is 0 Å². The molecule has 0 atom stereocenters. The Kier molecular flexibility index (Phi) is 5.02. The molecule has 0 bridgehead atoms. The molecule has 150 valence electrons. The topological polar surface area (TPSA) is 64.6 Å². The number of alkyl halides is 3. The summed E-state index contributed by atoms with van der Waals surface area (Å²) in [6.07, 6.45) is -2.85. The molecular weight excluding hydrogens is 403 g/mol. The van der Waals surface area contributed by atoms with Crippen LogP contribution in [0.25, 0.3) is 4.96 Å². The van der Waals surface area contributed by atoms with Crippen molar-refractivity contribution in [1.82, 2.24) is 14.3 Å². The van der Waals surface area contributed by atoms with Gasteiger partial charge in [-0.05, 0) is 18.2 Å². The molecule has 0 spiro atoms. The lowest BCUT2D eigenvalue weighted by Crippen LogP contribution is -2.46. The first kappa shape index (κ1) is 19.4. The van der Waals surface area contributed by atoms with Crippen molar-refractivity contribution in [1.29, 1.82) is 5.26 Å². The van der Waals surface area contributed by atoms with Crippen molar-refractivity contribution in [2.75, 3.05) is 31.1 Å². The summed E-state index contributed by atoms with van der Waals surface area (Å²) in [6, 6.07) is 6.92. The van der Waals surface area contributed by atoms with Gasteiger partial charge in [-0.3, -0.25) is 14.1 Å². The van der Waals surface area contributed by atoms with E-state index in [0.29, 0.717) is 43.4 Å². The van der Waals surface area contributed by atoms with E-state index < -0.39 is 11.7 Å². The SMILES string of the molecule is N#Cc1ccc(N2CCN(Cc3cc(=O)n4ccsc4n3)CC2)c(C(F)(F)F)c1. The molecule has 1 aliphatic heterocycles. The summed E-state index contributed by atoms with van der Waals surface area (Å²) in [7, 11) is 0. The highest BCUT2D eigenvalue weighted by atomic mass is 32.1. The average molecular weight is 419 g/mol. The van der Waals surface area contributed by atoms with Gasteiger partial charge in [0.1, 0.15) is 0 Å². The van der Waals surface area contributed by atoms with Crippen LogP contribution < -0.4 is 10.5 Å². The second-order valence-electron chi connectivity index (χ2n) is 6.75. The standard InChI is InChI=1S/C19H16F3N5OS/c20-19(21,22)15-9-13(11-23)1-2-16(15)26-5-3-25(4-6-26)12-14-10-17(28)27-7-8-29-18(27)24-14/h1-2,7-10H,3-6,12H2. The third-order valence-electron chi connectivity index (χ3n) is 4.89. The van der Waals surface area contributed by atoms with Crippen LogP contribution in [-0.4, -0.2) is 40.5 Å². The summed E-state index contributed by atoms with van der Waals surface area (Å²) in [4.78, 5) is 21.0. The second kappa shape index (κ2) is 7.50. The molecule has 0 unspecified atom stereocenters. The van der Waals surface area contributed by atoms with Crippen molar-refractivity contribution in [3.8, 4) is 6.07 Å². The number of nitriles is 1. The number of halogens is 3. The fourth-order valence-corrected chi connectivity index (χ4v) is 4.19. The molecule has 0 saturated carbocycles. The summed E-state index contributed by atoms with van der Waals surface area (Å²) < 4.78 is 41.8. The Morgan fingerprint density at radius 3 is 2.62 bits per heavy atom. The molecule has 3 aromatic rings. The van der Waals surface area contributed by atoms with Gasteiger partial charge in [-0.2, -0.15) is 18.4 Å². The largest absolute Gasteiger partial charge is 0.418 e. The number of thiazole rings is 1. The fourth-order valence-electron chi connectivity index (χ4n) is 3.45. The van der Waals surface area contributed by atoms with Gasteiger partial charge in [0.05, 0.1) is 22.9 Å². The molecule has 0 aliphatic carbocycles. The number of piperazine rings is 1. The molecule has 4 rings (SSSR count). The first-order valence-electron chi connectivity index (χ1n) is 8.89. The molecule has 1 aromatic carbocycles. The van der Waals surface area contributed by atoms with E-state index >= 15 is 0 Å². The quantitative estimate of drug-likeness (QED) is 0.653. The van der Waals surface area contributed by atoms with E-state index in [4.69, 9.17) is 5.26 Å². The number of hydrogen-bond acceptors (Lipinski definition) is 6. The predicted octanol–water partition coefficient (Wildman–Crippen LogP) is 2.97. The van der Waals surface area contributed by atoms with Gasteiger partial charge in [-0.1, -0.05) is 0 Å². The van der Waals surface area contributed by atoms with E-state index in [1.54, 1.807) is 22.5 Å². The van der Waals surface area contributed by atoms with Gasteiger partial charge in [-0.25, -0.2) is 4.98 Å². The van der Waals surface area contributed by atoms with Crippen LogP contribution in [0.15, 0.2) is 40.6 Å². The maximum atomic E-state index is 13.4. The molecule has 1 aliphatic rings. The van der Waals surface area contributed by atoms with Crippen LogP contribution in [0, 0.1) is 11.3 Å². The molecular formula is C19H16F3N5OS. The lowest BCUT2D eigenvalue weighted by molar-refractivity contribution is -0.137. The van der Waals surface area contributed by atoms with Crippen molar-refractivity contribution < 1.29 is 13.2 Å². The Morgan fingerprint density at radius 2 is 1.93 bits per heavy atom. The van der Waals surface area contributed by atoms with Crippen LogP contribution >= 0.6 is 11.3 Å². The van der Waals surface area contributed by atoms with Crippen LogP contribution in [0.4, 0.5) is 18.9 Å². The van der Waals surface area contributed by atoms with E-state index in [2.05, 4.69) is 9.88 Å². The highest BCUT2D eigenvalue weighted by Crippen LogP contribution is 2.37. The molecule has 10 heteroatoms. The number of aromatic nitrogens is 2. The summed E-state index contributed by atoms with van der Waals surface area (Å²) in [5, 5.41) is 10.7. The zero-order valence-electron chi connectivity index (χ0n) is 15.2. The maximum Gasteiger partial charge on any atom is 0.418 e. The molecule has 0 N–H and O–H groups in total. The Labute approximate surface area is 168 Å². The Bertz CT molecular complexity index is 1140. The number of hydrogen-bond donors (Lipinski definition) is 0. The van der Waals surface area contributed by atoms with Crippen LogP contribution in [0.3, 0.4) is 0 Å². The predicted molar refractivity (Wildman–Crippen MR) is 103 cm³/mol. The summed E-state index contributed by atoms with van der Waals surface area (Å²) >= 11 is 1.38. The second-order valence-corrected chi connectivity index (χ2v) is 7.62. The van der Waals surface area contributed by atoms with Crippen molar-refractivity contribution in [2.24, 2.45) is 0 Å². The van der Waals surface area contributed by atoms with E-state index in [9.17, 15) is 18.0 Å². The molecule has 0 amide bonds. The minimum absolute atomic E-state index is 0.0129. The number of fused-ring (bicyclic) bond motifs is 1. The van der Waals surface area contributed by atoms with E-state index in [1.807, 2.05) is 0 Å². The Morgan fingerprint density at radius 1 is 1.17 bits per heavy atom. The van der Waals surface area contributed by atoms with Crippen molar-refractivity contribution >= 4 is 22.0 Å². The average Bonchev–Trinajstić information content (AvgIpc) is 3.17. The molecule has 29 heavy (non-hydrogen) atoms. The highest BCUT2D eigenvalue weighted by Gasteiger charge is 2.36. The number of benzene rings is 1. The zero-order valence-corrected chi connectivity index (χ0v) is 16.0. The Hall–Kier alpha value is -2.90. The van der Waals surface area contributed by atoms with E-state index in [0.717, 1.165) is 6.07 Å². The van der Waals surface area contributed by atoms with Gasteiger partial charge >= 0.3 is 6.18 Å². The molecule has 6 nitrogen and oxygen atoms in total. The fraction of sp³-hybridized carbons (Fsp3) is 0.316.